The first-order valence-electron chi connectivity index (χ1n) is 9.65. The molecule has 1 heterocycles. The lowest BCUT2D eigenvalue weighted by atomic mass is 10.0. The Morgan fingerprint density at radius 2 is 1.68 bits per heavy atom. The molecule has 0 aliphatic heterocycles. The molecule has 5 nitrogen and oxygen atoms in total. The van der Waals surface area contributed by atoms with E-state index in [0.29, 0.717) is 21.6 Å². The summed E-state index contributed by atoms with van der Waals surface area (Å²) in [6.45, 7) is 3.36. The fraction of sp³-hybridized carbons (Fsp3) is 0.125. The summed E-state index contributed by atoms with van der Waals surface area (Å²) in [4.78, 5) is 16.5. The molecule has 1 amide bonds. The number of alkyl carbamates (subject to hydrolysis) is 1. The van der Waals surface area contributed by atoms with Crippen molar-refractivity contribution in [2.75, 3.05) is 0 Å². The molecule has 2 N–H and O–H groups in total. The number of hydrogen-bond acceptors (Lipinski definition) is 4. The number of nitrogens with one attached hydrogen (secondary N) is 2. The maximum absolute atomic E-state index is 12.5. The van der Waals surface area contributed by atoms with Gasteiger partial charge in [-0.1, -0.05) is 54.1 Å². The first kappa shape index (κ1) is 22.7. The van der Waals surface area contributed by atoms with E-state index in [1.807, 2.05) is 54.6 Å². The standard InChI is InChI=1S/C24H23ClN3O2P/c1-15(26)22(28-24(29)30-16(2)20-5-3-4-6-21(20)25)23(31)19-9-7-17(8-10-19)18-11-13-27-14-12-18/h3-14,16,26H,31H2,1-2H3,(H,28,29)/b23-22+,26-15?. The fourth-order valence-corrected chi connectivity index (χ4v) is 3.82. The van der Waals surface area contributed by atoms with Crippen LogP contribution < -0.4 is 5.32 Å². The van der Waals surface area contributed by atoms with Gasteiger partial charge in [0.15, 0.2) is 0 Å². The maximum Gasteiger partial charge on any atom is 0.412 e. The molecule has 0 radical (unpaired) electrons. The Kier molecular flexibility index (Phi) is 7.56. The van der Waals surface area contributed by atoms with Gasteiger partial charge < -0.3 is 10.1 Å². The van der Waals surface area contributed by atoms with E-state index in [4.69, 9.17) is 21.7 Å². The van der Waals surface area contributed by atoms with Crippen LogP contribution in [0.5, 0.6) is 0 Å². The smallest absolute Gasteiger partial charge is 0.412 e. The Balaban J connectivity index is 1.78. The number of halogens is 1. The number of nitrogens with zero attached hydrogens (tertiary/aromatic N) is 1. The van der Waals surface area contributed by atoms with Crippen molar-refractivity contribution in [3.05, 3.63) is 94.9 Å². The SMILES string of the molecule is CC(=N)/C(NC(=O)OC(C)c1ccccc1Cl)=C(\P)c1ccc(-c2ccncc2)cc1. The second-order valence-corrected chi connectivity index (χ2v) is 7.91. The van der Waals surface area contributed by atoms with E-state index in [2.05, 4.69) is 19.5 Å². The quantitative estimate of drug-likeness (QED) is 0.333. The number of benzene rings is 2. The van der Waals surface area contributed by atoms with Gasteiger partial charge in [-0.05, 0) is 48.7 Å². The van der Waals surface area contributed by atoms with E-state index in [9.17, 15) is 4.79 Å². The van der Waals surface area contributed by atoms with Crippen molar-refractivity contribution in [1.29, 1.82) is 5.41 Å². The number of hydrogen-bond donors (Lipinski definition) is 2. The molecule has 3 aromatic rings. The van der Waals surface area contributed by atoms with E-state index >= 15 is 0 Å². The van der Waals surface area contributed by atoms with Crippen LogP contribution in [0, 0.1) is 5.41 Å². The van der Waals surface area contributed by atoms with E-state index < -0.39 is 12.2 Å². The lowest BCUT2D eigenvalue weighted by molar-refractivity contribution is 0.110. The predicted molar refractivity (Wildman–Crippen MR) is 129 cm³/mol. The average Bonchev–Trinajstić information content (AvgIpc) is 2.78. The Bertz CT molecular complexity index is 1120. The number of carbonyl (C=O) groups is 1. The van der Waals surface area contributed by atoms with E-state index in [1.165, 1.54) is 0 Å². The Hall–Kier alpha value is -3.01. The normalized spacial score (nSPS) is 12.5. The van der Waals surface area contributed by atoms with Gasteiger partial charge in [-0.25, -0.2) is 4.79 Å². The van der Waals surface area contributed by atoms with Crippen molar-refractivity contribution >= 4 is 38.0 Å². The van der Waals surface area contributed by atoms with Crippen molar-refractivity contribution in [2.24, 2.45) is 0 Å². The van der Waals surface area contributed by atoms with Gasteiger partial charge in [0.25, 0.3) is 0 Å². The van der Waals surface area contributed by atoms with Crippen molar-refractivity contribution < 1.29 is 9.53 Å². The molecular weight excluding hydrogens is 429 g/mol. The maximum atomic E-state index is 12.5. The van der Waals surface area contributed by atoms with Crippen molar-refractivity contribution in [1.82, 2.24) is 10.3 Å². The van der Waals surface area contributed by atoms with Crippen LogP contribution in [0.25, 0.3) is 16.4 Å². The van der Waals surface area contributed by atoms with Crippen LogP contribution in [-0.4, -0.2) is 16.8 Å². The molecule has 0 saturated carbocycles. The summed E-state index contributed by atoms with van der Waals surface area (Å²) in [5.74, 6) is 0. The van der Waals surface area contributed by atoms with E-state index in [0.717, 1.165) is 16.7 Å². The zero-order valence-corrected chi connectivity index (χ0v) is 19.1. The van der Waals surface area contributed by atoms with Crippen molar-refractivity contribution in [2.45, 2.75) is 20.0 Å². The summed E-state index contributed by atoms with van der Waals surface area (Å²) in [7, 11) is 2.60. The molecule has 0 fully saturated rings. The summed E-state index contributed by atoms with van der Waals surface area (Å²) in [5, 5.41) is 12.0. The Morgan fingerprint density at radius 1 is 1.06 bits per heavy atom. The first-order valence-corrected chi connectivity index (χ1v) is 10.6. The van der Waals surface area contributed by atoms with Crippen LogP contribution in [0.4, 0.5) is 4.79 Å². The monoisotopic (exact) mass is 451 g/mol. The van der Waals surface area contributed by atoms with Crippen LogP contribution in [0.15, 0.2) is 78.8 Å². The van der Waals surface area contributed by atoms with Crippen LogP contribution in [-0.2, 0) is 4.74 Å². The zero-order chi connectivity index (χ0) is 22.4. The van der Waals surface area contributed by atoms with Gasteiger partial charge in [-0.2, -0.15) is 0 Å². The minimum Gasteiger partial charge on any atom is -0.441 e. The van der Waals surface area contributed by atoms with Gasteiger partial charge in [0.1, 0.15) is 6.10 Å². The molecule has 0 bridgehead atoms. The third-order valence-electron chi connectivity index (χ3n) is 4.71. The number of amides is 1. The number of pyridine rings is 1. The Labute approximate surface area is 189 Å². The summed E-state index contributed by atoms with van der Waals surface area (Å²) in [5.41, 5.74) is 4.29. The third-order valence-corrected chi connectivity index (χ3v) is 5.67. The second-order valence-electron chi connectivity index (χ2n) is 6.92. The van der Waals surface area contributed by atoms with Crippen molar-refractivity contribution in [3.8, 4) is 11.1 Å². The average molecular weight is 452 g/mol. The third kappa shape index (κ3) is 5.78. The number of ether oxygens (including phenoxy) is 1. The minimum absolute atomic E-state index is 0.213. The lowest BCUT2D eigenvalue weighted by Crippen LogP contribution is -2.28. The van der Waals surface area contributed by atoms with Gasteiger partial charge in [0.2, 0.25) is 0 Å². The largest absolute Gasteiger partial charge is 0.441 e. The van der Waals surface area contributed by atoms with Crippen LogP contribution in [0.1, 0.15) is 31.1 Å². The predicted octanol–water partition coefficient (Wildman–Crippen LogP) is 6.47. The van der Waals surface area contributed by atoms with E-state index in [-0.39, 0.29) is 5.71 Å². The van der Waals surface area contributed by atoms with Crippen LogP contribution >= 0.6 is 20.8 Å². The Morgan fingerprint density at radius 3 is 2.29 bits per heavy atom. The molecule has 3 rings (SSSR count). The van der Waals surface area contributed by atoms with Crippen LogP contribution in [0.3, 0.4) is 0 Å². The zero-order valence-electron chi connectivity index (χ0n) is 17.2. The van der Waals surface area contributed by atoms with Gasteiger partial charge in [-0.3, -0.25) is 10.3 Å². The number of aromatic nitrogens is 1. The lowest BCUT2D eigenvalue weighted by Gasteiger charge is -2.18. The molecule has 1 aromatic heterocycles. The summed E-state index contributed by atoms with van der Waals surface area (Å²) < 4.78 is 5.48. The van der Waals surface area contributed by atoms with Gasteiger partial charge in [0, 0.05) is 28.3 Å². The molecule has 0 saturated heterocycles. The highest BCUT2D eigenvalue weighted by atomic mass is 35.5. The molecule has 2 unspecified atom stereocenters. The molecule has 158 valence electrons. The van der Waals surface area contributed by atoms with Gasteiger partial charge in [0.05, 0.1) is 11.4 Å². The highest BCUT2D eigenvalue weighted by Crippen LogP contribution is 2.29. The molecule has 7 heteroatoms. The molecule has 2 atom stereocenters. The summed E-state index contributed by atoms with van der Waals surface area (Å²) in [6.07, 6.45) is 2.32. The van der Waals surface area contributed by atoms with Crippen LogP contribution in [0.2, 0.25) is 5.02 Å². The fourth-order valence-electron chi connectivity index (χ4n) is 3.05. The topological polar surface area (TPSA) is 75.1 Å². The number of carbonyl (C=O) groups excluding carboxylic acids is 1. The van der Waals surface area contributed by atoms with E-state index in [1.54, 1.807) is 32.3 Å². The highest BCUT2D eigenvalue weighted by Gasteiger charge is 2.17. The van der Waals surface area contributed by atoms with Gasteiger partial charge >= 0.3 is 6.09 Å². The molecular formula is C24H23ClN3O2P. The number of allylic oxidation sites excluding steroid dienone is 1. The second kappa shape index (κ2) is 10.3. The summed E-state index contributed by atoms with van der Waals surface area (Å²) >= 11 is 6.18. The molecule has 31 heavy (non-hydrogen) atoms. The summed E-state index contributed by atoms with van der Waals surface area (Å²) in [6, 6.07) is 19.0. The first-order chi connectivity index (χ1) is 14.9. The van der Waals surface area contributed by atoms with Crippen molar-refractivity contribution in [3.63, 3.8) is 0 Å². The molecule has 0 aliphatic carbocycles. The highest BCUT2D eigenvalue weighted by molar-refractivity contribution is 7.31. The minimum atomic E-state index is -0.651. The molecule has 0 aliphatic rings. The number of rotatable bonds is 6. The van der Waals surface area contributed by atoms with Gasteiger partial charge in [-0.15, -0.1) is 9.24 Å². The molecule has 0 spiro atoms. The molecule has 2 aromatic carbocycles.